The average molecular weight is 290 g/mol. The van der Waals surface area contributed by atoms with Crippen LogP contribution in [0.5, 0.6) is 0 Å². The van der Waals surface area contributed by atoms with Crippen LogP contribution in [0.15, 0.2) is 23.3 Å². The van der Waals surface area contributed by atoms with E-state index in [0.29, 0.717) is 6.42 Å². The minimum absolute atomic E-state index is 0.0404. The van der Waals surface area contributed by atoms with E-state index in [4.69, 9.17) is 18.0 Å². The van der Waals surface area contributed by atoms with Gasteiger partial charge in [0.25, 0.3) is 0 Å². The molecule has 0 saturated heterocycles. The van der Waals surface area contributed by atoms with Gasteiger partial charge in [-0.15, -0.1) is 0 Å². The number of amides is 1. The lowest BCUT2D eigenvalue weighted by Crippen LogP contribution is -2.26. The van der Waals surface area contributed by atoms with Crippen LogP contribution in [-0.2, 0) is 4.79 Å². The quantitative estimate of drug-likeness (QED) is 0.546. The first-order chi connectivity index (χ1) is 9.56. The van der Waals surface area contributed by atoms with Crippen LogP contribution in [0.1, 0.15) is 36.8 Å². The molecule has 0 atom stereocenters. The molecule has 0 aromatic heterocycles. The third-order valence-electron chi connectivity index (χ3n) is 3.13. The predicted molar refractivity (Wildman–Crippen MR) is 84.7 cm³/mol. The third-order valence-corrected chi connectivity index (χ3v) is 3.22. The third kappa shape index (κ3) is 3.77. The minimum Gasteiger partial charge on any atom is -0.375 e. The fraction of sp³-hybridized carbons (Fsp3) is 0.357. The minimum atomic E-state index is 0.0404. The number of thiocarbonyl (C=S) groups is 1. The molecule has 0 radical (unpaired) electrons. The van der Waals surface area contributed by atoms with E-state index in [1.807, 2.05) is 25.1 Å². The number of nitrogens with zero attached hydrogens (tertiary/aromatic N) is 1. The first-order valence-electron chi connectivity index (χ1n) is 6.59. The number of aryl methyl sites for hydroxylation is 1. The predicted octanol–water partition coefficient (Wildman–Crippen LogP) is 2.04. The van der Waals surface area contributed by atoms with Gasteiger partial charge < -0.3 is 11.1 Å². The highest BCUT2D eigenvalue weighted by atomic mass is 32.1. The summed E-state index contributed by atoms with van der Waals surface area (Å²) >= 11 is 4.78. The number of carbonyl (C=O) groups excluding carboxylic acids is 1. The second-order valence-electron chi connectivity index (χ2n) is 4.84. The normalized spacial score (nSPS) is 17.4. The van der Waals surface area contributed by atoms with Crippen molar-refractivity contribution in [2.24, 2.45) is 10.8 Å². The summed E-state index contributed by atoms with van der Waals surface area (Å²) in [6, 6.07) is 5.89. The number of anilines is 1. The van der Waals surface area contributed by atoms with Crippen molar-refractivity contribution in [1.29, 1.82) is 0 Å². The van der Waals surface area contributed by atoms with E-state index >= 15 is 0 Å². The van der Waals surface area contributed by atoms with Crippen LogP contribution in [-0.4, -0.2) is 16.7 Å². The fourth-order valence-electron chi connectivity index (χ4n) is 2.17. The Morgan fingerprint density at radius 2 is 2.15 bits per heavy atom. The molecule has 20 heavy (non-hydrogen) atoms. The average Bonchev–Trinajstić information content (AvgIpc) is 2.46. The van der Waals surface area contributed by atoms with Crippen LogP contribution in [0.4, 0.5) is 5.69 Å². The van der Waals surface area contributed by atoms with E-state index in [-0.39, 0.29) is 11.0 Å². The number of hydrogen-bond acceptors (Lipinski definition) is 3. The molecule has 0 aliphatic carbocycles. The number of benzene rings is 1. The molecule has 0 unspecified atom stereocenters. The summed E-state index contributed by atoms with van der Waals surface area (Å²) in [7, 11) is 0. The van der Waals surface area contributed by atoms with E-state index in [1.54, 1.807) is 0 Å². The Hall–Kier alpha value is -1.95. The van der Waals surface area contributed by atoms with Crippen molar-refractivity contribution in [2.45, 2.75) is 32.6 Å². The maximum absolute atomic E-state index is 11.8. The Balaban J connectivity index is 2.43. The van der Waals surface area contributed by atoms with Crippen molar-refractivity contribution in [3.63, 3.8) is 0 Å². The standard InChI is InChI=1S/C14H18N4OS/c1-9-6-7-11-10(8-9)12(17-18-14(15)20)4-2-3-5-13(19)16-11/h6-8H,2-5H2,1H3,(H,16,19)(H3,15,18,20)/b17-12+. The molecule has 1 heterocycles. The summed E-state index contributed by atoms with van der Waals surface area (Å²) in [6.45, 7) is 2.01. The zero-order valence-corrected chi connectivity index (χ0v) is 12.2. The van der Waals surface area contributed by atoms with E-state index in [2.05, 4.69) is 15.8 Å². The van der Waals surface area contributed by atoms with Gasteiger partial charge in [0.1, 0.15) is 0 Å². The number of nitrogens with two attached hydrogens (primary N) is 1. The molecule has 1 amide bonds. The summed E-state index contributed by atoms with van der Waals surface area (Å²) in [5, 5.41) is 7.35. The first kappa shape index (κ1) is 14.5. The molecule has 0 fully saturated rings. The van der Waals surface area contributed by atoms with E-state index < -0.39 is 0 Å². The van der Waals surface area contributed by atoms with E-state index in [9.17, 15) is 4.79 Å². The van der Waals surface area contributed by atoms with Crippen LogP contribution in [0, 0.1) is 6.92 Å². The zero-order valence-electron chi connectivity index (χ0n) is 11.4. The van der Waals surface area contributed by atoms with Gasteiger partial charge in [-0.3, -0.25) is 10.2 Å². The van der Waals surface area contributed by atoms with Gasteiger partial charge in [-0.1, -0.05) is 11.6 Å². The van der Waals surface area contributed by atoms with Gasteiger partial charge in [0.2, 0.25) is 5.91 Å². The van der Waals surface area contributed by atoms with Crippen LogP contribution in [0.2, 0.25) is 0 Å². The van der Waals surface area contributed by atoms with Crippen molar-refractivity contribution in [2.75, 3.05) is 5.32 Å². The second kappa shape index (κ2) is 6.47. The largest absolute Gasteiger partial charge is 0.375 e. The van der Waals surface area contributed by atoms with Gasteiger partial charge in [-0.2, -0.15) is 5.10 Å². The molecule has 2 rings (SSSR count). The topological polar surface area (TPSA) is 79.5 Å². The van der Waals surface area contributed by atoms with Gasteiger partial charge >= 0.3 is 0 Å². The van der Waals surface area contributed by atoms with E-state index in [0.717, 1.165) is 41.8 Å². The van der Waals surface area contributed by atoms with E-state index in [1.165, 1.54) is 0 Å². The molecular formula is C14H18N4OS. The molecule has 1 aliphatic heterocycles. The van der Waals surface area contributed by atoms with Gasteiger partial charge in [0, 0.05) is 17.7 Å². The summed E-state index contributed by atoms with van der Waals surface area (Å²) in [5.74, 6) is 0.0404. The molecule has 1 aromatic rings. The summed E-state index contributed by atoms with van der Waals surface area (Å²) in [4.78, 5) is 11.8. The van der Waals surface area contributed by atoms with Gasteiger partial charge in [0.15, 0.2) is 5.11 Å². The summed E-state index contributed by atoms with van der Waals surface area (Å²) < 4.78 is 0. The Labute approximate surface area is 123 Å². The molecule has 5 nitrogen and oxygen atoms in total. The van der Waals surface area contributed by atoms with Crippen molar-refractivity contribution in [3.05, 3.63) is 29.3 Å². The van der Waals surface area contributed by atoms with Crippen molar-refractivity contribution in [1.82, 2.24) is 5.43 Å². The number of hydrogen-bond donors (Lipinski definition) is 3. The van der Waals surface area contributed by atoms with Crippen molar-refractivity contribution in [3.8, 4) is 0 Å². The lowest BCUT2D eigenvalue weighted by Gasteiger charge is -2.12. The molecule has 0 saturated carbocycles. The SMILES string of the molecule is Cc1ccc2c(c1)/C(=N/NC(N)=S)CCCCC(=O)N2. The molecule has 0 bridgehead atoms. The maximum Gasteiger partial charge on any atom is 0.224 e. The van der Waals surface area contributed by atoms with Crippen LogP contribution < -0.4 is 16.5 Å². The Morgan fingerprint density at radius 1 is 1.40 bits per heavy atom. The first-order valence-corrected chi connectivity index (χ1v) is 7.00. The van der Waals surface area contributed by atoms with Crippen molar-refractivity contribution >= 4 is 34.6 Å². The summed E-state index contributed by atoms with van der Waals surface area (Å²) in [6.07, 6.45) is 3.05. The highest BCUT2D eigenvalue weighted by Crippen LogP contribution is 2.23. The molecular weight excluding hydrogens is 272 g/mol. The fourth-order valence-corrected chi connectivity index (χ4v) is 2.22. The zero-order chi connectivity index (χ0) is 14.5. The number of nitrogens with one attached hydrogen (secondary N) is 2. The van der Waals surface area contributed by atoms with Crippen LogP contribution in [0.25, 0.3) is 0 Å². The van der Waals surface area contributed by atoms with Crippen LogP contribution >= 0.6 is 12.2 Å². The smallest absolute Gasteiger partial charge is 0.224 e. The molecule has 6 heteroatoms. The van der Waals surface area contributed by atoms with Crippen LogP contribution in [0.3, 0.4) is 0 Å². The van der Waals surface area contributed by atoms with Gasteiger partial charge in [0.05, 0.1) is 5.71 Å². The lowest BCUT2D eigenvalue weighted by atomic mass is 10.0. The molecule has 1 aromatic carbocycles. The molecule has 1 aliphatic rings. The monoisotopic (exact) mass is 290 g/mol. The number of hydrazone groups is 1. The van der Waals surface area contributed by atoms with Gasteiger partial charge in [-0.25, -0.2) is 0 Å². The molecule has 106 valence electrons. The number of rotatable bonds is 1. The van der Waals surface area contributed by atoms with Gasteiger partial charge in [-0.05, 0) is 50.5 Å². The highest BCUT2D eigenvalue weighted by Gasteiger charge is 2.15. The Bertz CT molecular complexity index is 568. The highest BCUT2D eigenvalue weighted by molar-refractivity contribution is 7.80. The lowest BCUT2D eigenvalue weighted by molar-refractivity contribution is -0.116. The number of carbonyl (C=O) groups is 1. The molecule has 0 spiro atoms. The van der Waals surface area contributed by atoms with Crippen molar-refractivity contribution < 1.29 is 4.79 Å². The molecule has 4 N–H and O–H groups in total. The second-order valence-corrected chi connectivity index (χ2v) is 5.28. The maximum atomic E-state index is 11.8. The number of fused-ring (bicyclic) bond motifs is 1. The Kier molecular flexibility index (Phi) is 4.68. The Morgan fingerprint density at radius 3 is 2.90 bits per heavy atom. The summed E-state index contributed by atoms with van der Waals surface area (Å²) in [5.41, 5.74) is 11.7.